The highest BCUT2D eigenvalue weighted by molar-refractivity contribution is 5.97. The summed E-state index contributed by atoms with van der Waals surface area (Å²) in [6.45, 7) is 0.528. The minimum absolute atomic E-state index is 0.528. The lowest BCUT2D eigenvalue weighted by atomic mass is 10.00. The molecule has 0 radical (unpaired) electrons. The van der Waals surface area contributed by atoms with Crippen molar-refractivity contribution in [3.63, 3.8) is 0 Å². The molecule has 4 rings (SSSR count). The molecule has 3 N–H and O–H groups in total. The first-order valence-corrected chi connectivity index (χ1v) is 7.00. The number of aromatic amines is 1. The Labute approximate surface area is 122 Å². The van der Waals surface area contributed by atoms with Crippen LogP contribution < -0.4 is 5.73 Å². The van der Waals surface area contributed by atoms with E-state index in [2.05, 4.69) is 52.4 Å². The second kappa shape index (κ2) is 4.72. The first-order valence-electron chi connectivity index (χ1n) is 7.00. The van der Waals surface area contributed by atoms with Crippen molar-refractivity contribution in [3.8, 4) is 11.1 Å². The lowest BCUT2D eigenvalue weighted by molar-refractivity contribution is 1.02. The lowest BCUT2D eigenvalue weighted by Crippen LogP contribution is -1.94. The van der Waals surface area contributed by atoms with Crippen LogP contribution in [0.2, 0.25) is 0 Å². The fourth-order valence-corrected chi connectivity index (χ4v) is 2.82. The van der Waals surface area contributed by atoms with Gasteiger partial charge in [0.05, 0.1) is 0 Å². The zero-order valence-corrected chi connectivity index (χ0v) is 11.5. The van der Waals surface area contributed by atoms with E-state index in [0.29, 0.717) is 6.54 Å². The van der Waals surface area contributed by atoms with Crippen LogP contribution in [-0.4, -0.2) is 9.97 Å². The van der Waals surface area contributed by atoms with Crippen LogP contribution in [0.1, 0.15) is 5.69 Å². The van der Waals surface area contributed by atoms with E-state index in [-0.39, 0.29) is 0 Å². The largest absolute Gasteiger partial charge is 0.357 e. The molecule has 21 heavy (non-hydrogen) atoms. The third-order valence-corrected chi connectivity index (χ3v) is 3.88. The van der Waals surface area contributed by atoms with Crippen molar-refractivity contribution in [2.75, 3.05) is 0 Å². The Bertz CT molecular complexity index is 932. The van der Waals surface area contributed by atoms with E-state index in [1.54, 1.807) is 0 Å². The number of H-pyrrole nitrogens is 1. The van der Waals surface area contributed by atoms with Gasteiger partial charge in [-0.25, -0.2) is 0 Å². The van der Waals surface area contributed by atoms with Crippen molar-refractivity contribution in [2.24, 2.45) is 5.73 Å². The van der Waals surface area contributed by atoms with E-state index in [9.17, 15) is 0 Å². The summed E-state index contributed by atoms with van der Waals surface area (Å²) in [7, 11) is 0. The number of fused-ring (bicyclic) bond motifs is 2. The standard InChI is InChI=1S/C18H15N3/c19-9-15-8-14-7-12(5-6-18(14)21-15)17-11-20-10-13-3-1-2-4-16(13)17/h1-8,10-11,21H,9,19H2. The molecule has 2 heterocycles. The average molecular weight is 273 g/mol. The maximum absolute atomic E-state index is 5.70. The van der Waals surface area contributed by atoms with Gasteiger partial charge >= 0.3 is 0 Å². The molecule has 0 amide bonds. The van der Waals surface area contributed by atoms with Gasteiger partial charge in [-0.3, -0.25) is 4.98 Å². The smallest absolute Gasteiger partial charge is 0.0456 e. The van der Waals surface area contributed by atoms with Crippen LogP contribution in [0.25, 0.3) is 32.8 Å². The first-order chi connectivity index (χ1) is 10.3. The van der Waals surface area contributed by atoms with E-state index in [4.69, 9.17) is 5.73 Å². The molecule has 3 nitrogen and oxygen atoms in total. The van der Waals surface area contributed by atoms with Gasteiger partial charge < -0.3 is 10.7 Å². The third kappa shape index (κ3) is 1.99. The number of nitrogens with one attached hydrogen (secondary N) is 1. The van der Waals surface area contributed by atoms with Gasteiger partial charge in [-0.05, 0) is 29.1 Å². The fraction of sp³-hybridized carbons (Fsp3) is 0.0556. The number of nitrogens with two attached hydrogens (primary N) is 1. The van der Waals surface area contributed by atoms with E-state index in [0.717, 1.165) is 22.2 Å². The van der Waals surface area contributed by atoms with Crippen molar-refractivity contribution in [1.82, 2.24) is 9.97 Å². The van der Waals surface area contributed by atoms with Crippen LogP contribution in [0.3, 0.4) is 0 Å². The van der Waals surface area contributed by atoms with E-state index in [1.165, 1.54) is 16.3 Å². The summed E-state index contributed by atoms with van der Waals surface area (Å²) >= 11 is 0. The molecule has 0 aliphatic rings. The SMILES string of the molecule is NCc1cc2cc(-c3cncc4ccccc34)ccc2[nH]1. The quantitative estimate of drug-likeness (QED) is 0.583. The summed E-state index contributed by atoms with van der Waals surface area (Å²) in [6, 6.07) is 16.9. The molecule has 0 atom stereocenters. The van der Waals surface area contributed by atoms with E-state index in [1.807, 2.05) is 18.5 Å². The number of benzene rings is 2. The number of hydrogen-bond acceptors (Lipinski definition) is 2. The zero-order valence-electron chi connectivity index (χ0n) is 11.5. The highest BCUT2D eigenvalue weighted by atomic mass is 14.7. The maximum Gasteiger partial charge on any atom is 0.0456 e. The van der Waals surface area contributed by atoms with Gasteiger partial charge in [-0.1, -0.05) is 30.3 Å². The number of aromatic nitrogens is 2. The molecular formula is C18H15N3. The molecule has 0 fully saturated rings. The molecule has 0 unspecified atom stereocenters. The maximum atomic E-state index is 5.70. The summed E-state index contributed by atoms with van der Waals surface area (Å²) in [5.74, 6) is 0. The van der Waals surface area contributed by atoms with Crippen LogP contribution >= 0.6 is 0 Å². The van der Waals surface area contributed by atoms with Gasteiger partial charge in [0.2, 0.25) is 0 Å². The predicted molar refractivity (Wildman–Crippen MR) is 86.9 cm³/mol. The molecule has 0 saturated heterocycles. The van der Waals surface area contributed by atoms with Crippen LogP contribution in [0, 0.1) is 0 Å². The van der Waals surface area contributed by atoms with Crippen molar-refractivity contribution in [3.05, 3.63) is 66.6 Å². The molecular weight excluding hydrogens is 258 g/mol. The van der Waals surface area contributed by atoms with Crippen LogP contribution in [-0.2, 0) is 6.54 Å². The molecule has 4 aromatic rings. The highest BCUT2D eigenvalue weighted by Crippen LogP contribution is 2.30. The van der Waals surface area contributed by atoms with Gasteiger partial charge in [0.1, 0.15) is 0 Å². The van der Waals surface area contributed by atoms with Crippen molar-refractivity contribution in [2.45, 2.75) is 6.54 Å². The number of nitrogens with zero attached hydrogens (tertiary/aromatic N) is 1. The van der Waals surface area contributed by atoms with Crippen molar-refractivity contribution >= 4 is 21.7 Å². The minimum Gasteiger partial charge on any atom is -0.357 e. The molecule has 0 aliphatic heterocycles. The first kappa shape index (κ1) is 12.1. The zero-order chi connectivity index (χ0) is 14.2. The number of hydrogen-bond donors (Lipinski definition) is 2. The summed E-state index contributed by atoms with van der Waals surface area (Å²) < 4.78 is 0. The van der Waals surface area contributed by atoms with Gasteiger partial charge in [0.25, 0.3) is 0 Å². The fourth-order valence-electron chi connectivity index (χ4n) is 2.82. The summed E-state index contributed by atoms with van der Waals surface area (Å²) in [5.41, 5.74) is 10.2. The summed E-state index contributed by atoms with van der Waals surface area (Å²) in [5, 5.41) is 3.56. The van der Waals surface area contributed by atoms with Crippen LogP contribution in [0.5, 0.6) is 0 Å². The summed E-state index contributed by atoms with van der Waals surface area (Å²) in [6.07, 6.45) is 3.83. The minimum atomic E-state index is 0.528. The molecule has 0 aliphatic carbocycles. The Kier molecular flexibility index (Phi) is 2.72. The molecule has 0 bridgehead atoms. The monoisotopic (exact) mass is 273 g/mol. The predicted octanol–water partition coefficient (Wildman–Crippen LogP) is 3.84. The molecule has 102 valence electrons. The second-order valence-electron chi connectivity index (χ2n) is 5.21. The van der Waals surface area contributed by atoms with E-state index >= 15 is 0 Å². The average Bonchev–Trinajstić information content (AvgIpc) is 2.96. The van der Waals surface area contributed by atoms with E-state index < -0.39 is 0 Å². The second-order valence-corrected chi connectivity index (χ2v) is 5.21. The Hall–Kier alpha value is -2.65. The topological polar surface area (TPSA) is 54.7 Å². The molecule has 0 saturated carbocycles. The Morgan fingerprint density at radius 1 is 0.952 bits per heavy atom. The Morgan fingerprint density at radius 3 is 2.76 bits per heavy atom. The van der Waals surface area contributed by atoms with Crippen molar-refractivity contribution < 1.29 is 0 Å². The number of rotatable bonds is 2. The molecule has 2 aromatic heterocycles. The third-order valence-electron chi connectivity index (χ3n) is 3.88. The molecule has 2 aromatic carbocycles. The molecule has 3 heteroatoms. The lowest BCUT2D eigenvalue weighted by Gasteiger charge is -2.06. The van der Waals surface area contributed by atoms with Gasteiger partial charge in [-0.15, -0.1) is 0 Å². The van der Waals surface area contributed by atoms with Gasteiger partial charge in [0, 0.05) is 46.5 Å². The Morgan fingerprint density at radius 2 is 1.86 bits per heavy atom. The number of pyridine rings is 1. The summed E-state index contributed by atoms with van der Waals surface area (Å²) in [4.78, 5) is 7.68. The van der Waals surface area contributed by atoms with Crippen LogP contribution in [0.4, 0.5) is 0 Å². The van der Waals surface area contributed by atoms with Gasteiger partial charge in [-0.2, -0.15) is 0 Å². The Balaban J connectivity index is 1.95. The normalized spacial score (nSPS) is 11.3. The van der Waals surface area contributed by atoms with Gasteiger partial charge in [0.15, 0.2) is 0 Å². The highest BCUT2D eigenvalue weighted by Gasteiger charge is 2.06. The molecule has 0 spiro atoms. The van der Waals surface area contributed by atoms with Crippen molar-refractivity contribution in [1.29, 1.82) is 0 Å². The van der Waals surface area contributed by atoms with Crippen LogP contribution in [0.15, 0.2) is 60.9 Å².